The van der Waals surface area contributed by atoms with Crippen LogP contribution in [0.2, 0.25) is 5.02 Å². The number of aliphatic hydroxyl groups is 1. The molecule has 3 fully saturated rings. The first kappa shape index (κ1) is 25.9. The Bertz CT molecular complexity index is 922. The van der Waals surface area contributed by atoms with Crippen LogP contribution in [-0.4, -0.2) is 74.4 Å². The summed E-state index contributed by atoms with van der Waals surface area (Å²) in [5.74, 6) is 0.535. The van der Waals surface area contributed by atoms with Gasteiger partial charge in [0.25, 0.3) is 0 Å². The second-order valence-corrected chi connectivity index (χ2v) is 12.0. The van der Waals surface area contributed by atoms with Crippen molar-refractivity contribution in [1.82, 2.24) is 9.62 Å². The fourth-order valence-electron chi connectivity index (χ4n) is 5.24. The van der Waals surface area contributed by atoms with E-state index in [0.717, 1.165) is 0 Å². The quantitative estimate of drug-likeness (QED) is 0.604. The topological polar surface area (TPSA) is 105 Å². The van der Waals surface area contributed by atoms with Crippen LogP contribution in [0.15, 0.2) is 29.2 Å². The number of benzene rings is 1. The Hall–Kier alpha value is -1.23. The zero-order chi connectivity index (χ0) is 24.1. The third kappa shape index (κ3) is 6.50. The van der Waals surface area contributed by atoms with Crippen molar-refractivity contribution in [3.05, 3.63) is 29.3 Å². The molecule has 0 radical (unpaired) electrons. The fraction of sp³-hybridized carbons (Fsp3) is 0.708. The maximum Gasteiger partial charge on any atom is 0.243 e. The largest absolute Gasteiger partial charge is 0.389 e. The van der Waals surface area contributed by atoms with Crippen LogP contribution in [0.5, 0.6) is 0 Å². The molecule has 1 aliphatic carbocycles. The lowest BCUT2D eigenvalue weighted by Gasteiger charge is -2.43. The average molecular weight is 515 g/mol. The summed E-state index contributed by atoms with van der Waals surface area (Å²) in [5.41, 5.74) is 0. The Morgan fingerprint density at radius 3 is 2.56 bits per heavy atom. The van der Waals surface area contributed by atoms with E-state index in [1.807, 2.05) is 0 Å². The molecule has 3 aliphatic rings. The first-order valence-corrected chi connectivity index (χ1v) is 14.1. The third-order valence-corrected chi connectivity index (χ3v) is 9.24. The normalized spacial score (nSPS) is 29.6. The van der Waals surface area contributed by atoms with Gasteiger partial charge < -0.3 is 19.9 Å². The number of fused-ring (bicyclic) bond motifs is 1. The van der Waals surface area contributed by atoms with Crippen molar-refractivity contribution in [3.63, 3.8) is 0 Å². The lowest BCUT2D eigenvalue weighted by molar-refractivity contribution is -0.146. The molecule has 8 nitrogen and oxygen atoms in total. The number of ether oxygens (including phenoxy) is 2. The summed E-state index contributed by atoms with van der Waals surface area (Å²) >= 11 is 5.94. The Labute approximate surface area is 207 Å². The van der Waals surface area contributed by atoms with E-state index < -0.39 is 28.3 Å². The molecule has 4 rings (SSSR count). The molecule has 2 N–H and O–H groups in total. The van der Waals surface area contributed by atoms with Gasteiger partial charge in [-0.05, 0) is 55.9 Å². The number of rotatable bonds is 6. The smallest absolute Gasteiger partial charge is 0.243 e. The molecule has 34 heavy (non-hydrogen) atoms. The molecule has 10 heteroatoms. The molecule has 0 aromatic heterocycles. The zero-order valence-corrected chi connectivity index (χ0v) is 21.0. The number of halogens is 1. The lowest BCUT2D eigenvalue weighted by Crippen LogP contribution is -2.57. The van der Waals surface area contributed by atoms with Gasteiger partial charge in [0, 0.05) is 18.1 Å². The zero-order valence-electron chi connectivity index (χ0n) is 19.4. The first-order valence-electron chi connectivity index (χ1n) is 12.3. The van der Waals surface area contributed by atoms with E-state index in [9.17, 15) is 18.3 Å². The van der Waals surface area contributed by atoms with Gasteiger partial charge in [-0.2, -0.15) is 4.31 Å². The van der Waals surface area contributed by atoms with Gasteiger partial charge >= 0.3 is 0 Å². The minimum absolute atomic E-state index is 0.0196. The van der Waals surface area contributed by atoms with Crippen molar-refractivity contribution in [2.75, 3.05) is 26.3 Å². The number of hydrogen-bond donors (Lipinski definition) is 2. The molecule has 0 bridgehead atoms. The molecule has 1 saturated carbocycles. The second kappa shape index (κ2) is 11.7. The summed E-state index contributed by atoms with van der Waals surface area (Å²) < 4.78 is 40.1. The minimum atomic E-state index is -3.88. The van der Waals surface area contributed by atoms with Crippen molar-refractivity contribution < 1.29 is 27.8 Å². The van der Waals surface area contributed by atoms with Crippen LogP contribution in [0.25, 0.3) is 0 Å². The summed E-state index contributed by atoms with van der Waals surface area (Å²) in [7, 11) is -3.88. The summed E-state index contributed by atoms with van der Waals surface area (Å²) in [6.45, 7) is 0.814. The van der Waals surface area contributed by atoms with E-state index in [1.54, 1.807) is 0 Å². The number of carbonyl (C=O) groups is 1. The van der Waals surface area contributed by atoms with Crippen molar-refractivity contribution in [3.8, 4) is 0 Å². The van der Waals surface area contributed by atoms with E-state index in [2.05, 4.69) is 5.32 Å². The van der Waals surface area contributed by atoms with E-state index in [0.29, 0.717) is 30.3 Å². The molecule has 1 aromatic carbocycles. The van der Waals surface area contributed by atoms with Gasteiger partial charge in [-0.15, -0.1) is 0 Å². The van der Waals surface area contributed by atoms with Crippen molar-refractivity contribution in [2.45, 2.75) is 80.6 Å². The molecular formula is C24H35ClN2O6S. The van der Waals surface area contributed by atoms with Crippen molar-refractivity contribution in [1.29, 1.82) is 0 Å². The van der Waals surface area contributed by atoms with E-state index >= 15 is 0 Å². The number of β-amino-alcohol motifs (C(OH)–C–C–N with tert-alkyl or cyclic N) is 1. The molecule has 2 heterocycles. The van der Waals surface area contributed by atoms with Crippen LogP contribution < -0.4 is 5.32 Å². The number of sulfonamides is 1. The highest BCUT2D eigenvalue weighted by molar-refractivity contribution is 7.89. The van der Waals surface area contributed by atoms with Gasteiger partial charge in [-0.3, -0.25) is 4.79 Å². The molecule has 1 amide bonds. The van der Waals surface area contributed by atoms with Crippen LogP contribution in [0.3, 0.4) is 0 Å². The summed E-state index contributed by atoms with van der Waals surface area (Å²) in [4.78, 5) is 12.7. The molecule has 2 saturated heterocycles. The Balaban J connectivity index is 1.40. The number of aliphatic hydroxyl groups excluding tert-OH is 1. The lowest BCUT2D eigenvalue weighted by atomic mass is 9.89. The van der Waals surface area contributed by atoms with Gasteiger partial charge in [-0.25, -0.2) is 8.42 Å². The van der Waals surface area contributed by atoms with Gasteiger partial charge in [0.15, 0.2) is 0 Å². The van der Waals surface area contributed by atoms with E-state index in [-0.39, 0.29) is 43.1 Å². The number of amides is 1. The highest BCUT2D eigenvalue weighted by Crippen LogP contribution is 2.32. The maximum absolute atomic E-state index is 13.5. The van der Waals surface area contributed by atoms with Crippen LogP contribution in [0.4, 0.5) is 0 Å². The highest BCUT2D eigenvalue weighted by Gasteiger charge is 2.43. The van der Waals surface area contributed by atoms with Crippen LogP contribution in [-0.2, 0) is 24.3 Å². The van der Waals surface area contributed by atoms with Crippen molar-refractivity contribution >= 4 is 27.5 Å². The number of nitrogens with one attached hydrogen (secondary N) is 1. The summed E-state index contributed by atoms with van der Waals surface area (Å²) in [5, 5.41) is 13.8. The molecule has 0 unspecified atom stereocenters. The summed E-state index contributed by atoms with van der Waals surface area (Å²) in [6, 6.07) is 5.52. The van der Waals surface area contributed by atoms with Crippen LogP contribution >= 0.6 is 11.6 Å². The predicted molar refractivity (Wildman–Crippen MR) is 128 cm³/mol. The van der Waals surface area contributed by atoms with E-state index in [4.69, 9.17) is 21.1 Å². The molecule has 2 aliphatic heterocycles. The highest BCUT2D eigenvalue weighted by atomic mass is 35.5. The second-order valence-electron chi connectivity index (χ2n) is 9.67. The Morgan fingerprint density at radius 2 is 1.82 bits per heavy atom. The molecule has 0 spiro atoms. The number of nitrogens with zero attached hydrogens (tertiary/aromatic N) is 1. The Kier molecular flexibility index (Phi) is 8.87. The standard InChI is InChI=1S/C24H35ClN2O6S/c25-18-6-9-21(10-7-18)34(30,31)27-14-19(28)15-32-16-23-22(27)11-8-20(33-23)12-24(29)26-13-17-4-2-1-3-5-17/h6-7,9-10,17,19-20,22-23,28H,1-5,8,11-16H2,(H,26,29)/t19-,20+,22-,23+/m1/s1. The predicted octanol–water partition coefficient (Wildman–Crippen LogP) is 2.72. The molecule has 190 valence electrons. The molecule has 1 aromatic rings. The average Bonchev–Trinajstić information content (AvgIpc) is 2.81. The van der Waals surface area contributed by atoms with Crippen LogP contribution in [0, 0.1) is 5.92 Å². The van der Waals surface area contributed by atoms with Crippen molar-refractivity contribution in [2.24, 2.45) is 5.92 Å². The number of carbonyl (C=O) groups excluding carboxylic acids is 1. The number of hydrogen-bond acceptors (Lipinski definition) is 6. The van der Waals surface area contributed by atoms with Crippen LogP contribution in [0.1, 0.15) is 51.4 Å². The fourth-order valence-corrected chi connectivity index (χ4v) is 7.08. The first-order chi connectivity index (χ1) is 16.3. The third-order valence-electron chi connectivity index (χ3n) is 7.08. The SMILES string of the molecule is O=C(C[C@@H]1CC[C@@H]2[C@H](COC[C@H](O)CN2S(=O)(=O)c2ccc(Cl)cc2)O1)NCC1CCCCC1. The molecule has 4 atom stereocenters. The van der Waals surface area contributed by atoms with Gasteiger partial charge in [0.1, 0.15) is 0 Å². The minimum Gasteiger partial charge on any atom is -0.389 e. The van der Waals surface area contributed by atoms with Gasteiger partial charge in [-0.1, -0.05) is 30.9 Å². The van der Waals surface area contributed by atoms with E-state index in [1.165, 1.54) is 60.7 Å². The molecular weight excluding hydrogens is 480 g/mol. The van der Waals surface area contributed by atoms with Gasteiger partial charge in [0.05, 0.1) is 48.9 Å². The van der Waals surface area contributed by atoms with Gasteiger partial charge in [0.2, 0.25) is 15.9 Å². The Morgan fingerprint density at radius 1 is 1.09 bits per heavy atom. The summed E-state index contributed by atoms with van der Waals surface area (Å²) in [6.07, 6.45) is 5.69. The monoisotopic (exact) mass is 514 g/mol. The maximum atomic E-state index is 13.5.